The molecule has 26 heavy (non-hydrogen) atoms. The fraction of sp³-hybridized carbons (Fsp3) is 0.600. The van der Waals surface area contributed by atoms with Gasteiger partial charge in [0.1, 0.15) is 0 Å². The lowest BCUT2D eigenvalue weighted by atomic mass is 10.1. The van der Waals surface area contributed by atoms with E-state index in [1.807, 2.05) is 13.8 Å². The van der Waals surface area contributed by atoms with E-state index in [1.165, 1.54) is 7.11 Å². The summed E-state index contributed by atoms with van der Waals surface area (Å²) in [4.78, 5) is 23.9. The molecule has 146 valence electrons. The molecule has 0 aliphatic heterocycles. The molecule has 1 N–H and O–H groups in total. The topological polar surface area (TPSA) is 73.9 Å². The number of hydrogen-bond acceptors (Lipinski definition) is 5. The highest BCUT2D eigenvalue weighted by molar-refractivity contribution is 5.92. The minimum atomic E-state index is -0.574. The van der Waals surface area contributed by atoms with Crippen molar-refractivity contribution in [3.63, 3.8) is 0 Å². The van der Waals surface area contributed by atoms with E-state index < -0.39 is 5.97 Å². The van der Waals surface area contributed by atoms with Crippen molar-refractivity contribution in [2.45, 2.75) is 53.0 Å². The first-order chi connectivity index (χ1) is 12.4. The molecule has 1 aromatic rings. The summed E-state index contributed by atoms with van der Waals surface area (Å²) in [5, 5.41) is 2.79. The Morgan fingerprint density at radius 2 is 1.85 bits per heavy atom. The second-order valence-electron chi connectivity index (χ2n) is 6.73. The molecule has 6 heteroatoms. The molecule has 0 aliphatic rings. The molecule has 0 fully saturated rings. The van der Waals surface area contributed by atoms with Gasteiger partial charge in [-0.05, 0) is 43.9 Å². The van der Waals surface area contributed by atoms with Crippen LogP contribution in [0.2, 0.25) is 0 Å². The van der Waals surface area contributed by atoms with Crippen molar-refractivity contribution in [1.82, 2.24) is 5.32 Å². The van der Waals surface area contributed by atoms with Gasteiger partial charge in [0.05, 0.1) is 19.3 Å². The van der Waals surface area contributed by atoms with E-state index >= 15 is 0 Å². The van der Waals surface area contributed by atoms with Gasteiger partial charge in [-0.15, -0.1) is 0 Å². The van der Waals surface area contributed by atoms with Crippen LogP contribution in [0.1, 0.15) is 57.3 Å². The van der Waals surface area contributed by atoms with E-state index in [2.05, 4.69) is 19.2 Å². The van der Waals surface area contributed by atoms with E-state index in [-0.39, 0.29) is 18.6 Å². The Labute approximate surface area is 156 Å². The number of hydrogen-bond donors (Lipinski definition) is 1. The second kappa shape index (κ2) is 11.4. The van der Waals surface area contributed by atoms with Gasteiger partial charge in [-0.2, -0.15) is 0 Å². The van der Waals surface area contributed by atoms with Gasteiger partial charge in [-0.3, -0.25) is 4.79 Å². The lowest BCUT2D eigenvalue weighted by molar-refractivity contribution is -0.124. The summed E-state index contributed by atoms with van der Waals surface area (Å²) in [6.45, 7) is 8.49. The fourth-order valence-electron chi connectivity index (χ4n) is 2.35. The summed E-state index contributed by atoms with van der Waals surface area (Å²) in [5.74, 6) is 0.705. The van der Waals surface area contributed by atoms with Crippen LogP contribution in [0.5, 0.6) is 11.5 Å². The Kier molecular flexibility index (Phi) is 9.55. The number of ether oxygens (including phenoxy) is 3. The number of benzene rings is 1. The molecule has 0 heterocycles. The summed E-state index contributed by atoms with van der Waals surface area (Å²) >= 11 is 0. The number of esters is 1. The van der Waals surface area contributed by atoms with Crippen molar-refractivity contribution in [2.75, 3.05) is 20.3 Å². The molecular formula is C20H31NO5. The largest absolute Gasteiger partial charge is 0.493 e. The zero-order valence-electron chi connectivity index (χ0n) is 16.5. The van der Waals surface area contributed by atoms with E-state index in [4.69, 9.17) is 14.2 Å². The molecule has 6 nitrogen and oxygen atoms in total. The second-order valence-corrected chi connectivity index (χ2v) is 6.73. The van der Waals surface area contributed by atoms with Crippen molar-refractivity contribution < 1.29 is 23.8 Å². The normalized spacial score (nSPS) is 11.8. The maximum Gasteiger partial charge on any atom is 0.338 e. The average molecular weight is 365 g/mol. The molecule has 1 atom stereocenters. The standard InChI is InChI=1S/C20H31NO5/c1-6-7-15(4)21-19(22)13-26-20(23)16-8-9-17(18(12-16)24-5)25-11-10-14(2)3/h8-9,12,14-15H,6-7,10-11,13H2,1-5H3,(H,21,22). The van der Waals surface area contributed by atoms with Crippen LogP contribution in [0.15, 0.2) is 18.2 Å². The van der Waals surface area contributed by atoms with Crippen LogP contribution in [0, 0.1) is 5.92 Å². The summed E-state index contributed by atoms with van der Waals surface area (Å²) in [6, 6.07) is 4.91. The molecule has 0 aromatic heterocycles. The zero-order valence-corrected chi connectivity index (χ0v) is 16.5. The van der Waals surface area contributed by atoms with Gasteiger partial charge in [0.25, 0.3) is 5.91 Å². The average Bonchev–Trinajstić information content (AvgIpc) is 2.59. The maximum atomic E-state index is 12.1. The van der Waals surface area contributed by atoms with Gasteiger partial charge < -0.3 is 19.5 Å². The number of carbonyl (C=O) groups is 2. The van der Waals surface area contributed by atoms with Gasteiger partial charge in [0, 0.05) is 6.04 Å². The summed E-state index contributed by atoms with van der Waals surface area (Å²) in [5.41, 5.74) is 0.312. The van der Waals surface area contributed by atoms with Crippen LogP contribution in [0.25, 0.3) is 0 Å². The molecular weight excluding hydrogens is 334 g/mol. The molecule has 1 amide bonds. The minimum absolute atomic E-state index is 0.0635. The summed E-state index contributed by atoms with van der Waals surface area (Å²) in [6.07, 6.45) is 2.79. The smallest absolute Gasteiger partial charge is 0.338 e. The molecule has 0 aliphatic carbocycles. The van der Waals surface area contributed by atoms with E-state index in [0.29, 0.717) is 29.6 Å². The number of amides is 1. The van der Waals surface area contributed by atoms with Crippen LogP contribution in [0.4, 0.5) is 0 Å². The molecule has 1 rings (SSSR count). The highest BCUT2D eigenvalue weighted by Crippen LogP contribution is 2.28. The summed E-state index contributed by atoms with van der Waals surface area (Å²) < 4.78 is 16.1. The van der Waals surface area contributed by atoms with Gasteiger partial charge in [-0.1, -0.05) is 27.2 Å². The zero-order chi connectivity index (χ0) is 19.5. The molecule has 0 bridgehead atoms. The van der Waals surface area contributed by atoms with Gasteiger partial charge >= 0.3 is 5.97 Å². The van der Waals surface area contributed by atoms with Crippen molar-refractivity contribution in [2.24, 2.45) is 5.92 Å². The predicted octanol–water partition coefficient (Wildman–Crippen LogP) is 3.58. The molecule has 0 saturated heterocycles. The van der Waals surface area contributed by atoms with Crippen LogP contribution in [-0.2, 0) is 9.53 Å². The molecule has 0 spiro atoms. The Balaban J connectivity index is 2.59. The fourth-order valence-corrected chi connectivity index (χ4v) is 2.35. The van der Waals surface area contributed by atoms with Crippen molar-refractivity contribution >= 4 is 11.9 Å². The minimum Gasteiger partial charge on any atom is -0.493 e. The predicted molar refractivity (Wildman–Crippen MR) is 101 cm³/mol. The first-order valence-electron chi connectivity index (χ1n) is 9.14. The lowest BCUT2D eigenvalue weighted by Crippen LogP contribution is -2.35. The van der Waals surface area contributed by atoms with E-state index in [0.717, 1.165) is 19.3 Å². The Morgan fingerprint density at radius 3 is 2.46 bits per heavy atom. The SMILES string of the molecule is CCCC(C)NC(=O)COC(=O)c1ccc(OCCC(C)C)c(OC)c1. The number of methoxy groups -OCH3 is 1. The number of rotatable bonds is 11. The maximum absolute atomic E-state index is 12.1. The Hall–Kier alpha value is -2.24. The van der Waals surface area contributed by atoms with E-state index in [9.17, 15) is 9.59 Å². The quantitative estimate of drug-likeness (QED) is 0.607. The van der Waals surface area contributed by atoms with Crippen molar-refractivity contribution in [1.29, 1.82) is 0 Å². The van der Waals surface area contributed by atoms with Gasteiger partial charge in [0.2, 0.25) is 0 Å². The summed E-state index contributed by atoms with van der Waals surface area (Å²) in [7, 11) is 1.52. The number of carbonyl (C=O) groups excluding carboxylic acids is 2. The first kappa shape index (κ1) is 21.8. The van der Waals surface area contributed by atoms with Gasteiger partial charge in [0.15, 0.2) is 18.1 Å². The highest BCUT2D eigenvalue weighted by Gasteiger charge is 2.15. The van der Waals surface area contributed by atoms with Crippen molar-refractivity contribution in [3.05, 3.63) is 23.8 Å². The third kappa shape index (κ3) is 7.76. The lowest BCUT2D eigenvalue weighted by Gasteiger charge is -2.14. The Bertz CT molecular complexity index is 586. The van der Waals surface area contributed by atoms with Gasteiger partial charge in [-0.25, -0.2) is 4.79 Å². The first-order valence-corrected chi connectivity index (χ1v) is 9.14. The van der Waals surface area contributed by atoms with Crippen LogP contribution in [0.3, 0.4) is 0 Å². The highest BCUT2D eigenvalue weighted by atomic mass is 16.5. The molecule has 1 unspecified atom stereocenters. The monoisotopic (exact) mass is 365 g/mol. The van der Waals surface area contributed by atoms with Crippen LogP contribution >= 0.6 is 0 Å². The molecule has 0 radical (unpaired) electrons. The Morgan fingerprint density at radius 1 is 1.12 bits per heavy atom. The third-order valence-electron chi connectivity index (χ3n) is 3.82. The van der Waals surface area contributed by atoms with E-state index in [1.54, 1.807) is 18.2 Å². The number of nitrogens with one attached hydrogen (secondary N) is 1. The van der Waals surface area contributed by atoms with Crippen molar-refractivity contribution in [3.8, 4) is 11.5 Å². The molecule has 1 aromatic carbocycles. The van der Waals surface area contributed by atoms with Crippen LogP contribution in [-0.4, -0.2) is 38.2 Å². The van der Waals surface area contributed by atoms with Crippen LogP contribution < -0.4 is 14.8 Å². The third-order valence-corrected chi connectivity index (χ3v) is 3.82. The molecule has 0 saturated carbocycles.